The second-order valence-electron chi connectivity index (χ2n) is 8.24. The number of carbonyl (C=O) groups excluding carboxylic acids is 2. The van der Waals surface area contributed by atoms with Crippen LogP contribution in [0.1, 0.15) is 23.6 Å². The SMILES string of the molecule is COc1cc(C2/C(=C(\O)c3ccc(Cl)c(Cl)c3)C(=O)C(=O)N2CCCN(C)C)cc(OC)c1OC. The van der Waals surface area contributed by atoms with Crippen LogP contribution >= 0.6 is 23.2 Å². The molecule has 0 aromatic heterocycles. The maximum absolute atomic E-state index is 13.2. The molecule has 2 aromatic carbocycles. The summed E-state index contributed by atoms with van der Waals surface area (Å²) in [5.41, 5.74) is 0.723. The van der Waals surface area contributed by atoms with E-state index in [4.69, 9.17) is 37.4 Å². The lowest BCUT2D eigenvalue weighted by Crippen LogP contribution is -2.32. The molecule has 1 saturated heterocycles. The van der Waals surface area contributed by atoms with Crippen molar-refractivity contribution in [2.75, 3.05) is 48.5 Å². The van der Waals surface area contributed by atoms with E-state index in [0.29, 0.717) is 47.3 Å². The highest BCUT2D eigenvalue weighted by Gasteiger charge is 2.46. The number of aliphatic hydroxyl groups is 1. The summed E-state index contributed by atoms with van der Waals surface area (Å²) >= 11 is 12.2. The van der Waals surface area contributed by atoms with E-state index in [0.717, 1.165) is 0 Å². The van der Waals surface area contributed by atoms with Crippen LogP contribution in [0.3, 0.4) is 0 Å². The molecule has 10 heteroatoms. The van der Waals surface area contributed by atoms with Crippen LogP contribution < -0.4 is 14.2 Å². The first kappa shape index (κ1) is 26.7. The van der Waals surface area contributed by atoms with Crippen molar-refractivity contribution in [2.45, 2.75) is 12.5 Å². The number of amides is 1. The predicted molar refractivity (Wildman–Crippen MR) is 135 cm³/mol. The molecule has 1 unspecified atom stereocenters. The van der Waals surface area contributed by atoms with Crippen LogP contribution in [0.2, 0.25) is 10.0 Å². The summed E-state index contributed by atoms with van der Waals surface area (Å²) in [6.45, 7) is 1.00. The van der Waals surface area contributed by atoms with Crippen molar-refractivity contribution < 1.29 is 28.9 Å². The molecule has 1 heterocycles. The second-order valence-corrected chi connectivity index (χ2v) is 9.05. The van der Waals surface area contributed by atoms with Gasteiger partial charge in [-0.25, -0.2) is 0 Å². The first-order chi connectivity index (χ1) is 16.6. The van der Waals surface area contributed by atoms with Crippen molar-refractivity contribution in [1.29, 1.82) is 0 Å². The molecular formula is C25H28Cl2N2O6. The molecule has 188 valence electrons. The molecule has 1 amide bonds. The van der Waals surface area contributed by atoms with E-state index in [-0.39, 0.29) is 21.9 Å². The van der Waals surface area contributed by atoms with Gasteiger partial charge >= 0.3 is 0 Å². The quantitative estimate of drug-likeness (QED) is 0.296. The van der Waals surface area contributed by atoms with Crippen molar-refractivity contribution in [3.63, 3.8) is 0 Å². The van der Waals surface area contributed by atoms with E-state index >= 15 is 0 Å². The molecule has 0 aliphatic carbocycles. The van der Waals surface area contributed by atoms with Gasteiger partial charge in [-0.3, -0.25) is 9.59 Å². The maximum Gasteiger partial charge on any atom is 0.295 e. The molecule has 1 N–H and O–H groups in total. The van der Waals surface area contributed by atoms with Crippen molar-refractivity contribution in [3.8, 4) is 17.2 Å². The van der Waals surface area contributed by atoms with Gasteiger partial charge in [0.15, 0.2) is 11.5 Å². The monoisotopic (exact) mass is 522 g/mol. The zero-order valence-electron chi connectivity index (χ0n) is 20.2. The van der Waals surface area contributed by atoms with Crippen LogP contribution in [0.25, 0.3) is 5.76 Å². The lowest BCUT2D eigenvalue weighted by atomic mass is 9.94. The van der Waals surface area contributed by atoms with E-state index in [1.165, 1.54) is 44.4 Å². The molecule has 0 bridgehead atoms. The first-order valence-electron chi connectivity index (χ1n) is 10.8. The minimum atomic E-state index is -0.889. The largest absolute Gasteiger partial charge is 0.507 e. The van der Waals surface area contributed by atoms with Crippen LogP contribution in [0.15, 0.2) is 35.9 Å². The summed E-state index contributed by atoms with van der Waals surface area (Å²) in [4.78, 5) is 29.8. The van der Waals surface area contributed by atoms with Gasteiger partial charge in [0.1, 0.15) is 5.76 Å². The Hall–Kier alpha value is -2.94. The Morgan fingerprint density at radius 1 is 1.00 bits per heavy atom. The van der Waals surface area contributed by atoms with E-state index in [1.807, 2.05) is 19.0 Å². The highest BCUT2D eigenvalue weighted by atomic mass is 35.5. The normalized spacial score (nSPS) is 17.3. The fourth-order valence-corrected chi connectivity index (χ4v) is 4.37. The number of ketones is 1. The second kappa shape index (κ2) is 11.2. The third kappa shape index (κ3) is 5.34. The minimum absolute atomic E-state index is 0.0625. The Morgan fingerprint density at radius 2 is 1.63 bits per heavy atom. The number of methoxy groups -OCH3 is 3. The standard InChI is InChI=1S/C25H28Cl2N2O6/c1-28(2)9-6-10-29-21(15-12-18(33-3)24(35-5)19(13-15)34-4)20(23(31)25(29)32)22(30)14-7-8-16(26)17(27)11-14/h7-8,11-13,21,30H,6,9-10H2,1-5H3/b22-20+. The van der Waals surface area contributed by atoms with Crippen LogP contribution in [-0.2, 0) is 9.59 Å². The number of likely N-dealkylation sites (tertiary alicyclic amines) is 1. The van der Waals surface area contributed by atoms with Gasteiger partial charge in [0.05, 0.1) is 43.0 Å². The number of Topliss-reactive ketones (excluding diaryl/α,β-unsaturated/α-hetero) is 1. The van der Waals surface area contributed by atoms with Crippen LogP contribution in [-0.4, -0.2) is 75.1 Å². The average molecular weight is 523 g/mol. The van der Waals surface area contributed by atoms with Crippen LogP contribution in [0.5, 0.6) is 17.2 Å². The number of carbonyl (C=O) groups is 2. The minimum Gasteiger partial charge on any atom is -0.507 e. The summed E-state index contributed by atoms with van der Waals surface area (Å²) < 4.78 is 16.4. The highest BCUT2D eigenvalue weighted by Crippen LogP contribution is 2.46. The molecular weight excluding hydrogens is 495 g/mol. The van der Waals surface area contributed by atoms with Crippen LogP contribution in [0, 0.1) is 0 Å². The van der Waals surface area contributed by atoms with Gasteiger partial charge in [-0.05, 0) is 63.0 Å². The Labute approximate surface area is 214 Å². The number of hydrogen-bond acceptors (Lipinski definition) is 7. The Kier molecular flexibility index (Phi) is 8.53. The number of rotatable bonds is 9. The number of nitrogens with zero attached hydrogens (tertiary/aromatic N) is 2. The highest BCUT2D eigenvalue weighted by molar-refractivity contribution is 6.47. The van der Waals surface area contributed by atoms with Gasteiger partial charge in [0.25, 0.3) is 11.7 Å². The van der Waals surface area contributed by atoms with Gasteiger partial charge in [-0.2, -0.15) is 0 Å². The molecule has 1 fully saturated rings. The molecule has 2 aromatic rings. The van der Waals surface area contributed by atoms with E-state index in [2.05, 4.69) is 0 Å². The first-order valence-corrected chi connectivity index (χ1v) is 11.6. The van der Waals surface area contributed by atoms with Crippen molar-refractivity contribution >= 4 is 40.7 Å². The van der Waals surface area contributed by atoms with Gasteiger partial charge in [-0.1, -0.05) is 23.2 Å². The van der Waals surface area contributed by atoms with Gasteiger partial charge in [0.2, 0.25) is 5.75 Å². The summed E-state index contributed by atoms with van der Waals surface area (Å²) in [5, 5.41) is 11.7. The zero-order valence-corrected chi connectivity index (χ0v) is 21.7. The van der Waals surface area contributed by atoms with Gasteiger partial charge in [0, 0.05) is 12.1 Å². The molecule has 1 aliphatic rings. The summed E-state index contributed by atoms with van der Waals surface area (Å²) in [7, 11) is 8.29. The van der Waals surface area contributed by atoms with E-state index in [1.54, 1.807) is 12.1 Å². The number of hydrogen-bond donors (Lipinski definition) is 1. The number of benzene rings is 2. The van der Waals surface area contributed by atoms with E-state index in [9.17, 15) is 14.7 Å². The smallest absolute Gasteiger partial charge is 0.295 e. The Bertz CT molecular complexity index is 1140. The molecule has 1 aliphatic heterocycles. The van der Waals surface area contributed by atoms with Crippen molar-refractivity contribution in [3.05, 3.63) is 57.1 Å². The molecule has 8 nitrogen and oxygen atoms in total. The molecule has 0 spiro atoms. The fourth-order valence-electron chi connectivity index (χ4n) is 4.07. The summed E-state index contributed by atoms with van der Waals surface area (Å²) in [5.74, 6) is -0.768. The average Bonchev–Trinajstić information content (AvgIpc) is 3.09. The summed E-state index contributed by atoms with van der Waals surface area (Å²) in [6, 6.07) is 6.94. The number of aliphatic hydroxyl groups excluding tert-OH is 1. The lowest BCUT2D eigenvalue weighted by molar-refractivity contribution is -0.139. The Morgan fingerprint density at radius 3 is 2.14 bits per heavy atom. The maximum atomic E-state index is 13.2. The Balaban J connectivity index is 2.23. The number of ether oxygens (including phenoxy) is 3. The van der Waals surface area contributed by atoms with Crippen LogP contribution in [0.4, 0.5) is 0 Å². The lowest BCUT2D eigenvalue weighted by Gasteiger charge is -2.27. The molecule has 1 atom stereocenters. The summed E-state index contributed by atoms with van der Waals surface area (Å²) in [6.07, 6.45) is 0.619. The molecule has 0 radical (unpaired) electrons. The zero-order chi connectivity index (χ0) is 25.9. The third-order valence-electron chi connectivity index (χ3n) is 5.74. The van der Waals surface area contributed by atoms with Gasteiger partial charge < -0.3 is 29.1 Å². The topological polar surface area (TPSA) is 88.5 Å². The van der Waals surface area contributed by atoms with Crippen molar-refractivity contribution in [2.24, 2.45) is 0 Å². The van der Waals surface area contributed by atoms with Crippen molar-refractivity contribution in [1.82, 2.24) is 9.80 Å². The van der Waals surface area contributed by atoms with E-state index < -0.39 is 17.7 Å². The molecule has 3 rings (SSSR count). The molecule has 0 saturated carbocycles. The molecule has 35 heavy (non-hydrogen) atoms. The van der Waals surface area contributed by atoms with Gasteiger partial charge in [-0.15, -0.1) is 0 Å². The third-order valence-corrected chi connectivity index (χ3v) is 6.48. The predicted octanol–water partition coefficient (Wildman–Crippen LogP) is 4.39. The number of halogens is 2. The fraction of sp³-hybridized carbons (Fsp3) is 0.360.